The highest BCUT2D eigenvalue weighted by Gasteiger charge is 2.17. The fourth-order valence-electron chi connectivity index (χ4n) is 3.68. The Morgan fingerprint density at radius 3 is 2.74 bits per heavy atom. The van der Waals surface area contributed by atoms with Crippen molar-refractivity contribution in [2.45, 2.75) is 51.6 Å². The molecule has 0 aromatic heterocycles. The molecule has 0 saturated carbocycles. The second-order valence-electron chi connectivity index (χ2n) is 8.24. The van der Waals surface area contributed by atoms with E-state index < -0.39 is 0 Å². The molecule has 0 bridgehead atoms. The summed E-state index contributed by atoms with van der Waals surface area (Å²) in [5, 5.41) is 8.71. The molecule has 2 aromatic carbocycles. The molecule has 3 N–H and O–H groups in total. The molecule has 1 unspecified atom stereocenters. The zero-order valence-corrected chi connectivity index (χ0v) is 20.4. The number of amides is 2. The lowest BCUT2D eigenvalue weighted by Crippen LogP contribution is -2.34. The van der Waals surface area contributed by atoms with Crippen molar-refractivity contribution in [2.24, 2.45) is 0 Å². The van der Waals surface area contributed by atoms with Crippen molar-refractivity contribution < 1.29 is 19.1 Å². The maximum absolute atomic E-state index is 12.8. The summed E-state index contributed by atoms with van der Waals surface area (Å²) in [7, 11) is 0. The number of hydrogen-bond donors (Lipinski definition) is 3. The van der Waals surface area contributed by atoms with Crippen LogP contribution in [0.2, 0.25) is 0 Å². The predicted octanol–water partition coefficient (Wildman–Crippen LogP) is 4.68. The SMILES string of the molecule is CCCCCCOc1ccccc1C(=O)NC(=S)Nc1cccc(C(=O)NCC2CCCO2)c1. The number of anilines is 1. The Bertz CT molecular complexity index is 976. The number of para-hydroxylation sites is 1. The van der Waals surface area contributed by atoms with Crippen LogP contribution in [-0.2, 0) is 4.74 Å². The minimum atomic E-state index is -0.355. The first-order valence-electron chi connectivity index (χ1n) is 11.9. The summed E-state index contributed by atoms with van der Waals surface area (Å²) >= 11 is 5.32. The van der Waals surface area contributed by atoms with E-state index in [4.69, 9.17) is 21.7 Å². The number of hydrogen-bond acceptors (Lipinski definition) is 5. The van der Waals surface area contributed by atoms with Gasteiger partial charge in [0.05, 0.1) is 18.3 Å². The zero-order chi connectivity index (χ0) is 24.2. The topological polar surface area (TPSA) is 88.7 Å². The number of unbranched alkanes of at least 4 members (excludes halogenated alkanes) is 3. The summed E-state index contributed by atoms with van der Waals surface area (Å²) in [6, 6.07) is 14.1. The normalized spacial score (nSPS) is 14.9. The van der Waals surface area contributed by atoms with Gasteiger partial charge in [0.25, 0.3) is 11.8 Å². The summed E-state index contributed by atoms with van der Waals surface area (Å²) in [6.45, 7) is 3.97. The molecule has 1 fully saturated rings. The van der Waals surface area contributed by atoms with E-state index in [1.807, 2.05) is 6.07 Å². The van der Waals surface area contributed by atoms with Crippen LogP contribution in [-0.4, -0.2) is 42.8 Å². The van der Waals surface area contributed by atoms with E-state index >= 15 is 0 Å². The van der Waals surface area contributed by atoms with Gasteiger partial charge in [-0.3, -0.25) is 14.9 Å². The molecule has 2 aromatic rings. The fraction of sp³-hybridized carbons (Fsp3) is 0.423. The van der Waals surface area contributed by atoms with Gasteiger partial charge in [-0.1, -0.05) is 44.4 Å². The van der Waals surface area contributed by atoms with E-state index in [9.17, 15) is 9.59 Å². The molecule has 1 aliphatic heterocycles. The smallest absolute Gasteiger partial charge is 0.261 e. The van der Waals surface area contributed by atoms with E-state index in [1.54, 1.807) is 42.5 Å². The Balaban J connectivity index is 1.52. The highest BCUT2D eigenvalue weighted by molar-refractivity contribution is 7.80. The zero-order valence-electron chi connectivity index (χ0n) is 19.6. The van der Waals surface area contributed by atoms with E-state index in [0.29, 0.717) is 35.7 Å². The minimum absolute atomic E-state index is 0.0799. The summed E-state index contributed by atoms with van der Waals surface area (Å²) in [5.41, 5.74) is 1.53. The highest BCUT2D eigenvalue weighted by atomic mass is 32.1. The van der Waals surface area contributed by atoms with Crippen molar-refractivity contribution in [1.29, 1.82) is 0 Å². The van der Waals surface area contributed by atoms with E-state index in [2.05, 4.69) is 22.9 Å². The lowest BCUT2D eigenvalue weighted by molar-refractivity contribution is 0.0857. The third-order valence-electron chi connectivity index (χ3n) is 5.51. The molecule has 7 nitrogen and oxygen atoms in total. The van der Waals surface area contributed by atoms with Crippen molar-refractivity contribution in [3.8, 4) is 5.75 Å². The average Bonchev–Trinajstić information content (AvgIpc) is 3.36. The van der Waals surface area contributed by atoms with Crippen molar-refractivity contribution >= 4 is 34.8 Å². The maximum atomic E-state index is 12.8. The first kappa shape index (κ1) is 25.6. The Morgan fingerprint density at radius 2 is 1.94 bits per heavy atom. The fourth-order valence-corrected chi connectivity index (χ4v) is 3.89. The summed E-state index contributed by atoms with van der Waals surface area (Å²) in [4.78, 5) is 25.3. The third-order valence-corrected chi connectivity index (χ3v) is 5.72. The first-order valence-corrected chi connectivity index (χ1v) is 12.3. The van der Waals surface area contributed by atoms with Gasteiger partial charge in [0.15, 0.2) is 5.11 Å². The molecule has 0 radical (unpaired) electrons. The molecule has 2 amide bonds. The summed E-state index contributed by atoms with van der Waals surface area (Å²) < 4.78 is 11.4. The van der Waals surface area contributed by atoms with Crippen LogP contribution >= 0.6 is 12.2 Å². The number of carbonyl (C=O) groups excluding carboxylic acids is 2. The number of carbonyl (C=O) groups is 2. The van der Waals surface area contributed by atoms with Crippen LogP contribution in [0.4, 0.5) is 5.69 Å². The van der Waals surface area contributed by atoms with Crippen molar-refractivity contribution in [1.82, 2.24) is 10.6 Å². The van der Waals surface area contributed by atoms with Gasteiger partial charge in [0.2, 0.25) is 0 Å². The lowest BCUT2D eigenvalue weighted by atomic mass is 10.1. The molecule has 34 heavy (non-hydrogen) atoms. The average molecular weight is 484 g/mol. The van der Waals surface area contributed by atoms with Gasteiger partial charge in [0, 0.05) is 24.4 Å². The van der Waals surface area contributed by atoms with Gasteiger partial charge in [-0.25, -0.2) is 0 Å². The van der Waals surface area contributed by atoms with Gasteiger partial charge in [-0.15, -0.1) is 0 Å². The molecule has 1 heterocycles. The van der Waals surface area contributed by atoms with Crippen LogP contribution in [0, 0.1) is 0 Å². The minimum Gasteiger partial charge on any atom is -0.493 e. The van der Waals surface area contributed by atoms with Gasteiger partial charge in [-0.05, 0) is 61.8 Å². The molecule has 1 atom stereocenters. The quantitative estimate of drug-likeness (QED) is 0.318. The predicted molar refractivity (Wildman–Crippen MR) is 138 cm³/mol. The van der Waals surface area contributed by atoms with Gasteiger partial charge in [0.1, 0.15) is 5.75 Å². The van der Waals surface area contributed by atoms with Gasteiger partial charge in [-0.2, -0.15) is 0 Å². The van der Waals surface area contributed by atoms with Crippen LogP contribution in [0.1, 0.15) is 66.2 Å². The molecule has 8 heteroatoms. The molecule has 1 saturated heterocycles. The van der Waals surface area contributed by atoms with Crippen LogP contribution in [0.25, 0.3) is 0 Å². The molecular weight excluding hydrogens is 450 g/mol. The number of ether oxygens (including phenoxy) is 2. The van der Waals surface area contributed by atoms with Crippen LogP contribution in [0.3, 0.4) is 0 Å². The van der Waals surface area contributed by atoms with Gasteiger partial charge < -0.3 is 20.1 Å². The Labute approximate surface area is 206 Å². The molecule has 1 aliphatic rings. The number of thiocarbonyl (C=S) groups is 1. The van der Waals surface area contributed by atoms with Crippen LogP contribution in [0.5, 0.6) is 5.75 Å². The second-order valence-corrected chi connectivity index (χ2v) is 8.65. The Morgan fingerprint density at radius 1 is 1.09 bits per heavy atom. The van der Waals surface area contributed by atoms with Crippen molar-refractivity contribution in [3.63, 3.8) is 0 Å². The van der Waals surface area contributed by atoms with E-state index in [0.717, 1.165) is 38.7 Å². The number of rotatable bonds is 11. The number of benzene rings is 2. The van der Waals surface area contributed by atoms with E-state index in [1.165, 1.54) is 6.42 Å². The largest absolute Gasteiger partial charge is 0.493 e. The van der Waals surface area contributed by atoms with Crippen molar-refractivity contribution in [3.05, 3.63) is 59.7 Å². The Kier molecular flexibility index (Phi) is 10.3. The molecule has 0 aliphatic carbocycles. The first-order chi connectivity index (χ1) is 16.6. The van der Waals surface area contributed by atoms with Crippen LogP contribution in [0.15, 0.2) is 48.5 Å². The molecule has 0 spiro atoms. The maximum Gasteiger partial charge on any atom is 0.261 e. The monoisotopic (exact) mass is 483 g/mol. The van der Waals surface area contributed by atoms with E-state index in [-0.39, 0.29) is 23.0 Å². The van der Waals surface area contributed by atoms with Gasteiger partial charge >= 0.3 is 0 Å². The standard InChI is InChI=1S/C26H33N3O4S/c1-2-3-4-7-15-33-23-14-6-5-13-22(23)25(31)29-26(34)28-20-11-8-10-19(17-20)24(30)27-18-21-12-9-16-32-21/h5-6,8,10-11,13-14,17,21H,2-4,7,9,12,15-16,18H2,1H3,(H,27,30)(H2,28,29,31,34). The second kappa shape index (κ2) is 13.7. The lowest BCUT2D eigenvalue weighted by Gasteiger charge is -2.14. The molecular formula is C26H33N3O4S. The third kappa shape index (κ3) is 8.11. The Hall–Kier alpha value is -2.97. The molecule has 182 valence electrons. The van der Waals surface area contributed by atoms with Crippen LogP contribution < -0.4 is 20.7 Å². The molecule has 3 rings (SSSR count). The summed E-state index contributed by atoms with van der Waals surface area (Å²) in [5.74, 6) is -0.00422. The highest BCUT2D eigenvalue weighted by Crippen LogP contribution is 2.19. The van der Waals surface area contributed by atoms with Crippen molar-refractivity contribution in [2.75, 3.05) is 25.1 Å². The summed E-state index contributed by atoms with van der Waals surface area (Å²) in [6.07, 6.45) is 6.44. The number of nitrogens with one attached hydrogen (secondary N) is 3.